The number of hydrogen-bond acceptors (Lipinski definition) is 2. The fraction of sp³-hybridized carbons (Fsp3) is 0.900. The average molecular weight is 304 g/mol. The van der Waals surface area contributed by atoms with E-state index in [1.165, 1.54) is 44.9 Å². The first-order valence-corrected chi connectivity index (χ1v) is 9.37. The van der Waals surface area contributed by atoms with Crippen molar-refractivity contribution in [2.45, 2.75) is 64.9 Å². The second-order valence-corrected chi connectivity index (χ2v) is 8.89. The van der Waals surface area contributed by atoms with Crippen molar-refractivity contribution >= 4 is 0 Å². The Balaban J connectivity index is 1.63. The molecule has 6 atom stereocenters. The van der Waals surface area contributed by atoms with Gasteiger partial charge in [-0.1, -0.05) is 25.5 Å². The molecule has 1 heterocycles. The molecule has 2 heteroatoms. The summed E-state index contributed by atoms with van der Waals surface area (Å²) in [6, 6.07) is 0. The summed E-state index contributed by atoms with van der Waals surface area (Å²) < 4.78 is 11.5. The van der Waals surface area contributed by atoms with Crippen molar-refractivity contribution in [1.29, 1.82) is 0 Å². The Bertz CT molecular complexity index is 470. The Labute approximate surface area is 135 Å². The van der Waals surface area contributed by atoms with Crippen LogP contribution in [0, 0.1) is 28.6 Å². The van der Waals surface area contributed by atoms with E-state index in [0.29, 0.717) is 16.9 Å². The van der Waals surface area contributed by atoms with Crippen molar-refractivity contribution in [3.63, 3.8) is 0 Å². The van der Waals surface area contributed by atoms with Crippen LogP contribution >= 0.6 is 0 Å². The fourth-order valence-electron chi connectivity index (χ4n) is 6.48. The molecule has 0 aromatic carbocycles. The second-order valence-electron chi connectivity index (χ2n) is 8.89. The molecule has 0 radical (unpaired) electrons. The van der Waals surface area contributed by atoms with E-state index in [9.17, 15) is 0 Å². The van der Waals surface area contributed by atoms with E-state index >= 15 is 0 Å². The van der Waals surface area contributed by atoms with E-state index < -0.39 is 0 Å². The third kappa shape index (κ3) is 2.13. The molecule has 3 fully saturated rings. The van der Waals surface area contributed by atoms with Gasteiger partial charge >= 0.3 is 0 Å². The lowest BCUT2D eigenvalue weighted by Gasteiger charge is -2.59. The minimum atomic E-state index is 0.449. The first kappa shape index (κ1) is 15.2. The van der Waals surface area contributed by atoms with Crippen LogP contribution in [0.25, 0.3) is 0 Å². The molecule has 4 rings (SSSR count). The molecule has 0 bridgehead atoms. The van der Waals surface area contributed by atoms with Gasteiger partial charge in [0.15, 0.2) is 0 Å². The molecular formula is C20H32O2. The van der Waals surface area contributed by atoms with Crippen LogP contribution in [-0.4, -0.2) is 26.4 Å². The maximum absolute atomic E-state index is 5.85. The van der Waals surface area contributed by atoms with Gasteiger partial charge in [-0.05, 0) is 73.5 Å². The van der Waals surface area contributed by atoms with Crippen LogP contribution in [0.3, 0.4) is 0 Å². The maximum Gasteiger partial charge on any atom is 0.0608 e. The zero-order valence-corrected chi connectivity index (χ0v) is 14.6. The molecule has 4 aliphatic rings. The molecule has 2 saturated carbocycles. The second kappa shape index (κ2) is 5.34. The summed E-state index contributed by atoms with van der Waals surface area (Å²) in [5.74, 6) is 2.69. The van der Waals surface area contributed by atoms with Gasteiger partial charge in [-0.25, -0.2) is 0 Å². The van der Waals surface area contributed by atoms with Crippen LogP contribution in [0.4, 0.5) is 0 Å². The number of fused-ring (bicyclic) bond motifs is 5. The predicted molar refractivity (Wildman–Crippen MR) is 88.7 cm³/mol. The van der Waals surface area contributed by atoms with E-state index in [-0.39, 0.29) is 0 Å². The Kier molecular flexibility index (Phi) is 3.69. The van der Waals surface area contributed by atoms with E-state index in [1.807, 2.05) is 7.11 Å². The summed E-state index contributed by atoms with van der Waals surface area (Å²) in [4.78, 5) is 0. The molecule has 0 N–H and O–H groups in total. The summed E-state index contributed by atoms with van der Waals surface area (Å²) in [7, 11) is 1.88. The first-order valence-electron chi connectivity index (χ1n) is 9.37. The van der Waals surface area contributed by atoms with Gasteiger partial charge in [0.05, 0.1) is 12.7 Å². The van der Waals surface area contributed by atoms with Gasteiger partial charge in [0.1, 0.15) is 0 Å². The highest BCUT2D eigenvalue weighted by atomic mass is 16.5. The van der Waals surface area contributed by atoms with Crippen LogP contribution < -0.4 is 0 Å². The van der Waals surface area contributed by atoms with Gasteiger partial charge in [0.2, 0.25) is 0 Å². The van der Waals surface area contributed by atoms with E-state index in [0.717, 1.165) is 31.0 Å². The van der Waals surface area contributed by atoms with Crippen molar-refractivity contribution in [3.05, 3.63) is 11.6 Å². The van der Waals surface area contributed by atoms with E-state index in [4.69, 9.17) is 9.47 Å². The average Bonchev–Trinajstić information content (AvgIpc) is 2.53. The smallest absolute Gasteiger partial charge is 0.0608 e. The van der Waals surface area contributed by atoms with Crippen molar-refractivity contribution in [2.75, 3.05) is 20.3 Å². The molecule has 1 aliphatic heterocycles. The number of ether oxygens (including phenoxy) is 2. The van der Waals surface area contributed by atoms with Crippen LogP contribution in [0.15, 0.2) is 11.6 Å². The zero-order chi connectivity index (χ0) is 15.4. The van der Waals surface area contributed by atoms with Gasteiger partial charge in [0, 0.05) is 13.7 Å². The molecular weight excluding hydrogens is 272 g/mol. The molecule has 0 aromatic rings. The SMILES string of the molecule is COC1CCC2(C)C(=CCC3C4CCOCC4(C)CCC32)C1. The number of allylic oxidation sites excluding steroid dienone is 1. The molecule has 124 valence electrons. The minimum Gasteiger partial charge on any atom is -0.381 e. The van der Waals surface area contributed by atoms with Crippen LogP contribution in [0.5, 0.6) is 0 Å². The molecule has 0 amide bonds. The Morgan fingerprint density at radius 3 is 2.82 bits per heavy atom. The highest BCUT2D eigenvalue weighted by Crippen LogP contribution is 2.62. The van der Waals surface area contributed by atoms with Gasteiger partial charge in [-0.2, -0.15) is 0 Å². The van der Waals surface area contributed by atoms with Crippen molar-refractivity contribution < 1.29 is 9.47 Å². The van der Waals surface area contributed by atoms with Crippen LogP contribution in [0.2, 0.25) is 0 Å². The molecule has 6 unspecified atom stereocenters. The van der Waals surface area contributed by atoms with Crippen LogP contribution in [0.1, 0.15) is 58.8 Å². The quantitative estimate of drug-likeness (QED) is 0.660. The number of rotatable bonds is 1. The topological polar surface area (TPSA) is 18.5 Å². The third-order valence-electron chi connectivity index (χ3n) is 7.92. The summed E-state index contributed by atoms with van der Waals surface area (Å²) in [6.45, 7) is 7.06. The molecule has 3 aliphatic carbocycles. The lowest BCUT2D eigenvalue weighted by Crippen LogP contribution is -2.53. The predicted octanol–water partition coefficient (Wildman–Crippen LogP) is 4.59. The highest BCUT2D eigenvalue weighted by molar-refractivity contribution is 5.25. The number of methoxy groups -OCH3 is 1. The monoisotopic (exact) mass is 304 g/mol. The Morgan fingerprint density at radius 1 is 1.14 bits per heavy atom. The summed E-state index contributed by atoms with van der Waals surface area (Å²) in [5.41, 5.74) is 2.63. The summed E-state index contributed by atoms with van der Waals surface area (Å²) in [5, 5.41) is 0. The first-order chi connectivity index (χ1) is 10.6. The lowest BCUT2D eigenvalue weighted by molar-refractivity contribution is -0.125. The van der Waals surface area contributed by atoms with Crippen molar-refractivity contribution in [3.8, 4) is 0 Å². The van der Waals surface area contributed by atoms with Crippen LogP contribution in [-0.2, 0) is 9.47 Å². The van der Waals surface area contributed by atoms with Gasteiger partial charge in [-0.3, -0.25) is 0 Å². The molecule has 2 nitrogen and oxygen atoms in total. The molecule has 22 heavy (non-hydrogen) atoms. The third-order valence-corrected chi connectivity index (χ3v) is 7.92. The number of hydrogen-bond donors (Lipinski definition) is 0. The summed E-state index contributed by atoms with van der Waals surface area (Å²) >= 11 is 0. The normalized spacial score (nSPS) is 51.3. The van der Waals surface area contributed by atoms with E-state index in [2.05, 4.69) is 19.9 Å². The summed E-state index contributed by atoms with van der Waals surface area (Å²) in [6.07, 6.45) is 12.2. The Morgan fingerprint density at radius 2 is 2.00 bits per heavy atom. The van der Waals surface area contributed by atoms with Gasteiger partial charge < -0.3 is 9.47 Å². The largest absolute Gasteiger partial charge is 0.381 e. The molecule has 0 aromatic heterocycles. The van der Waals surface area contributed by atoms with Gasteiger partial charge in [-0.15, -0.1) is 0 Å². The molecule has 1 saturated heterocycles. The maximum atomic E-state index is 5.85. The van der Waals surface area contributed by atoms with Gasteiger partial charge in [0.25, 0.3) is 0 Å². The lowest BCUT2D eigenvalue weighted by atomic mass is 9.47. The van der Waals surface area contributed by atoms with E-state index in [1.54, 1.807) is 5.57 Å². The zero-order valence-electron chi connectivity index (χ0n) is 14.6. The standard InChI is InChI=1S/C20H32O2/c1-19-9-7-18-16(17(19)8-11-22-13-19)5-4-14-12-15(21-3)6-10-20(14,18)2/h4,15-18H,5-13H2,1-3H3. The molecule has 0 spiro atoms. The minimum absolute atomic E-state index is 0.449. The van der Waals surface area contributed by atoms with Crippen molar-refractivity contribution in [1.82, 2.24) is 0 Å². The highest BCUT2D eigenvalue weighted by Gasteiger charge is 2.55. The van der Waals surface area contributed by atoms with Crippen molar-refractivity contribution in [2.24, 2.45) is 28.6 Å². The fourth-order valence-corrected chi connectivity index (χ4v) is 6.48. The Hall–Kier alpha value is -0.340.